The molecule has 0 saturated carbocycles. The van der Waals surface area contributed by atoms with Crippen LogP contribution in [0.1, 0.15) is 30.9 Å². The molecule has 2 heteroatoms. The smallest absolute Gasteiger partial charge is 0.0316 e. The summed E-state index contributed by atoms with van der Waals surface area (Å²) < 4.78 is 0. The van der Waals surface area contributed by atoms with Gasteiger partial charge in [0.1, 0.15) is 0 Å². The third-order valence-electron chi connectivity index (χ3n) is 3.72. The first-order valence-corrected chi connectivity index (χ1v) is 8.22. The van der Waals surface area contributed by atoms with Gasteiger partial charge < -0.3 is 11.5 Å². The van der Waals surface area contributed by atoms with E-state index in [1.807, 2.05) is 36.4 Å². The van der Waals surface area contributed by atoms with Crippen LogP contribution in [-0.4, -0.2) is 0 Å². The maximum atomic E-state index is 5.88. The molecule has 0 saturated heterocycles. The van der Waals surface area contributed by atoms with Crippen molar-refractivity contribution in [2.24, 2.45) is 0 Å². The highest BCUT2D eigenvalue weighted by molar-refractivity contribution is 5.43. The van der Waals surface area contributed by atoms with E-state index >= 15 is 0 Å². The molecule has 0 radical (unpaired) electrons. The molecule has 0 aliphatic rings. The minimum atomic E-state index is 0.820. The Morgan fingerprint density at radius 3 is 2.26 bits per heavy atom. The van der Waals surface area contributed by atoms with Crippen LogP contribution in [0.3, 0.4) is 0 Å². The van der Waals surface area contributed by atoms with Crippen LogP contribution in [0.15, 0.2) is 72.3 Å². The quantitative estimate of drug-likeness (QED) is 0.563. The average molecular weight is 306 g/mol. The van der Waals surface area contributed by atoms with Crippen molar-refractivity contribution in [3.8, 4) is 0 Å². The summed E-state index contributed by atoms with van der Waals surface area (Å²) in [4.78, 5) is 0. The van der Waals surface area contributed by atoms with E-state index in [1.54, 1.807) is 0 Å². The van der Waals surface area contributed by atoms with Crippen LogP contribution < -0.4 is 11.5 Å². The van der Waals surface area contributed by atoms with Crippen LogP contribution in [0.25, 0.3) is 0 Å². The molecule has 0 spiro atoms. The van der Waals surface area contributed by atoms with E-state index < -0.39 is 0 Å². The van der Waals surface area contributed by atoms with Gasteiger partial charge in [-0.3, -0.25) is 0 Å². The minimum Gasteiger partial charge on any atom is -0.399 e. The van der Waals surface area contributed by atoms with Gasteiger partial charge in [0.05, 0.1) is 0 Å². The zero-order valence-electron chi connectivity index (χ0n) is 13.8. The molecule has 0 heterocycles. The van der Waals surface area contributed by atoms with Gasteiger partial charge in [-0.25, -0.2) is 0 Å². The average Bonchev–Trinajstić information content (AvgIpc) is 2.52. The molecule has 2 aromatic rings. The molecule has 2 rings (SSSR count). The standard InChI is InChI=1S/C21H26N2/c1-2-3-7-17(14-19-11-6-13-21(23)16-19)8-4-9-18-10-5-12-20(22)15-18/h3,5-8,10-13,15-16H,2,4,9,14,22-23H2,1H3/b7-3-,17-8+. The Kier molecular flexibility index (Phi) is 6.49. The van der Waals surface area contributed by atoms with Crippen LogP contribution in [0.2, 0.25) is 0 Å². The number of benzene rings is 2. The molecule has 2 nitrogen and oxygen atoms in total. The normalized spacial score (nSPS) is 12.0. The monoisotopic (exact) mass is 306 g/mol. The molecule has 0 fully saturated rings. The summed E-state index contributed by atoms with van der Waals surface area (Å²) >= 11 is 0. The Hall–Kier alpha value is -2.48. The fourth-order valence-electron chi connectivity index (χ4n) is 2.58. The van der Waals surface area contributed by atoms with Crippen molar-refractivity contribution in [3.63, 3.8) is 0 Å². The first-order valence-electron chi connectivity index (χ1n) is 8.22. The number of nitrogen functional groups attached to an aromatic ring is 2. The number of rotatable bonds is 7. The summed E-state index contributed by atoms with van der Waals surface area (Å²) in [5.41, 5.74) is 17.2. The van der Waals surface area contributed by atoms with Gasteiger partial charge in [-0.05, 0) is 66.6 Å². The van der Waals surface area contributed by atoms with E-state index in [9.17, 15) is 0 Å². The molecule has 23 heavy (non-hydrogen) atoms. The summed E-state index contributed by atoms with van der Waals surface area (Å²) in [7, 11) is 0. The second-order valence-electron chi connectivity index (χ2n) is 5.80. The van der Waals surface area contributed by atoms with Crippen molar-refractivity contribution < 1.29 is 0 Å². The molecule has 0 bridgehead atoms. The number of anilines is 2. The highest BCUT2D eigenvalue weighted by Gasteiger charge is 1.99. The second-order valence-corrected chi connectivity index (χ2v) is 5.80. The van der Waals surface area contributed by atoms with E-state index in [0.717, 1.165) is 37.1 Å². The largest absolute Gasteiger partial charge is 0.399 e. The molecule has 4 N–H and O–H groups in total. The van der Waals surface area contributed by atoms with E-state index in [-0.39, 0.29) is 0 Å². The van der Waals surface area contributed by atoms with Crippen molar-refractivity contribution in [2.45, 2.75) is 32.6 Å². The summed E-state index contributed by atoms with van der Waals surface area (Å²) in [5, 5.41) is 0. The maximum Gasteiger partial charge on any atom is 0.0316 e. The molecule has 0 unspecified atom stereocenters. The SMILES string of the molecule is CC/C=C\C(=C/CCc1cccc(N)c1)Cc1cccc(N)c1. The lowest BCUT2D eigenvalue weighted by Crippen LogP contribution is -1.92. The van der Waals surface area contributed by atoms with Gasteiger partial charge in [0.25, 0.3) is 0 Å². The van der Waals surface area contributed by atoms with Gasteiger partial charge in [-0.15, -0.1) is 0 Å². The van der Waals surface area contributed by atoms with Gasteiger partial charge in [0.15, 0.2) is 0 Å². The Labute approximate surface area is 139 Å². The molecule has 0 atom stereocenters. The van der Waals surface area contributed by atoms with E-state index in [2.05, 4.69) is 37.3 Å². The number of hydrogen-bond acceptors (Lipinski definition) is 2. The fraction of sp³-hybridized carbons (Fsp3) is 0.238. The number of nitrogens with two attached hydrogens (primary N) is 2. The van der Waals surface area contributed by atoms with Crippen molar-refractivity contribution in [1.29, 1.82) is 0 Å². The predicted octanol–water partition coefficient (Wildman–Crippen LogP) is 4.92. The summed E-state index contributed by atoms with van der Waals surface area (Å²) in [6.07, 6.45) is 10.7. The summed E-state index contributed by atoms with van der Waals surface area (Å²) in [6, 6.07) is 16.2. The fourth-order valence-corrected chi connectivity index (χ4v) is 2.58. The van der Waals surface area contributed by atoms with Gasteiger partial charge >= 0.3 is 0 Å². The second kappa shape index (κ2) is 8.84. The Balaban J connectivity index is 2.03. The van der Waals surface area contributed by atoms with Crippen molar-refractivity contribution >= 4 is 11.4 Å². The minimum absolute atomic E-state index is 0.820. The molecule has 0 aliphatic heterocycles. The number of aryl methyl sites for hydroxylation is 1. The van der Waals surface area contributed by atoms with Crippen molar-refractivity contribution in [2.75, 3.05) is 11.5 Å². The van der Waals surface area contributed by atoms with Crippen LogP contribution in [0.5, 0.6) is 0 Å². The lowest BCUT2D eigenvalue weighted by Gasteiger charge is -2.06. The summed E-state index contributed by atoms with van der Waals surface area (Å²) in [6.45, 7) is 2.15. The molecule has 120 valence electrons. The van der Waals surface area contributed by atoms with Gasteiger partial charge in [-0.2, -0.15) is 0 Å². The van der Waals surface area contributed by atoms with Crippen LogP contribution in [0.4, 0.5) is 11.4 Å². The van der Waals surface area contributed by atoms with E-state index in [4.69, 9.17) is 11.5 Å². The van der Waals surface area contributed by atoms with Crippen molar-refractivity contribution in [3.05, 3.63) is 83.5 Å². The molecule has 0 aromatic heterocycles. The van der Waals surface area contributed by atoms with E-state index in [0.29, 0.717) is 0 Å². The van der Waals surface area contributed by atoms with Gasteiger partial charge in [-0.1, -0.05) is 49.4 Å². The molecule has 0 aliphatic carbocycles. The van der Waals surface area contributed by atoms with Crippen molar-refractivity contribution in [1.82, 2.24) is 0 Å². The van der Waals surface area contributed by atoms with Crippen LogP contribution >= 0.6 is 0 Å². The predicted molar refractivity (Wildman–Crippen MR) is 101 cm³/mol. The van der Waals surface area contributed by atoms with E-state index in [1.165, 1.54) is 16.7 Å². The molecular weight excluding hydrogens is 280 g/mol. The first-order chi connectivity index (χ1) is 11.2. The highest BCUT2D eigenvalue weighted by Crippen LogP contribution is 2.15. The lowest BCUT2D eigenvalue weighted by atomic mass is 10.0. The third kappa shape index (κ3) is 6.03. The first kappa shape index (κ1) is 16.9. The molecule has 0 amide bonds. The zero-order chi connectivity index (χ0) is 16.5. The molecular formula is C21H26N2. The molecule has 2 aromatic carbocycles. The Morgan fingerprint density at radius 1 is 0.957 bits per heavy atom. The third-order valence-corrected chi connectivity index (χ3v) is 3.72. The Bertz CT molecular complexity index is 684. The van der Waals surface area contributed by atoms with Gasteiger partial charge in [0.2, 0.25) is 0 Å². The lowest BCUT2D eigenvalue weighted by molar-refractivity contribution is 0.984. The maximum absolute atomic E-state index is 5.88. The zero-order valence-corrected chi connectivity index (χ0v) is 13.8. The number of hydrogen-bond donors (Lipinski definition) is 2. The number of allylic oxidation sites excluding steroid dienone is 4. The van der Waals surface area contributed by atoms with Gasteiger partial charge in [0, 0.05) is 11.4 Å². The topological polar surface area (TPSA) is 52.0 Å². The van der Waals surface area contributed by atoms with Crippen LogP contribution in [-0.2, 0) is 12.8 Å². The highest BCUT2D eigenvalue weighted by atomic mass is 14.5. The van der Waals surface area contributed by atoms with Crippen LogP contribution in [0, 0.1) is 0 Å². The summed E-state index contributed by atoms with van der Waals surface area (Å²) in [5.74, 6) is 0. The Morgan fingerprint density at radius 2 is 1.61 bits per heavy atom.